The van der Waals surface area contributed by atoms with Crippen molar-refractivity contribution in [1.29, 1.82) is 5.26 Å². The third-order valence-electron chi connectivity index (χ3n) is 2.47. The van der Waals surface area contributed by atoms with Crippen LogP contribution in [-0.2, 0) is 9.84 Å². The standard InChI is InChI=1S/C11H11NO4S/c1-15-11-4-8(5-12)2-3-10(11)16-9-6-17(13,14)7-9/h2-4,9H,6-7H2,1H3. The van der Waals surface area contributed by atoms with Gasteiger partial charge in [-0.2, -0.15) is 5.26 Å². The molecular formula is C11H11NO4S. The average molecular weight is 253 g/mol. The van der Waals surface area contributed by atoms with Crippen LogP contribution in [0.15, 0.2) is 18.2 Å². The molecule has 1 aliphatic rings. The van der Waals surface area contributed by atoms with E-state index >= 15 is 0 Å². The number of ether oxygens (including phenoxy) is 2. The molecule has 90 valence electrons. The summed E-state index contributed by atoms with van der Waals surface area (Å²) >= 11 is 0. The molecule has 1 aromatic carbocycles. The van der Waals surface area contributed by atoms with E-state index in [1.807, 2.05) is 6.07 Å². The molecule has 1 aromatic rings. The maximum atomic E-state index is 11.0. The van der Waals surface area contributed by atoms with Crippen molar-refractivity contribution in [2.24, 2.45) is 0 Å². The molecule has 0 N–H and O–H groups in total. The van der Waals surface area contributed by atoms with Gasteiger partial charge in [-0.15, -0.1) is 0 Å². The van der Waals surface area contributed by atoms with Gasteiger partial charge in [0.2, 0.25) is 0 Å². The smallest absolute Gasteiger partial charge is 0.162 e. The van der Waals surface area contributed by atoms with E-state index in [1.165, 1.54) is 7.11 Å². The highest BCUT2D eigenvalue weighted by Gasteiger charge is 2.35. The quantitative estimate of drug-likeness (QED) is 0.794. The van der Waals surface area contributed by atoms with Crippen LogP contribution in [0.25, 0.3) is 0 Å². The molecule has 0 atom stereocenters. The summed E-state index contributed by atoms with van der Waals surface area (Å²) in [5.41, 5.74) is 0.468. The molecule has 0 unspecified atom stereocenters. The first-order valence-corrected chi connectivity index (χ1v) is 6.81. The molecule has 1 fully saturated rings. The fourth-order valence-electron chi connectivity index (χ4n) is 1.60. The number of hydrogen-bond acceptors (Lipinski definition) is 5. The first-order chi connectivity index (χ1) is 8.04. The summed E-state index contributed by atoms with van der Waals surface area (Å²) < 4.78 is 32.6. The molecule has 1 saturated heterocycles. The van der Waals surface area contributed by atoms with Gasteiger partial charge in [0.05, 0.1) is 30.2 Å². The Hall–Kier alpha value is -1.74. The largest absolute Gasteiger partial charge is 0.493 e. The van der Waals surface area contributed by atoms with Crippen LogP contribution in [0.1, 0.15) is 5.56 Å². The van der Waals surface area contributed by atoms with Gasteiger partial charge in [-0.1, -0.05) is 0 Å². The summed E-state index contributed by atoms with van der Waals surface area (Å²) in [7, 11) is -1.43. The number of sulfone groups is 1. The molecule has 17 heavy (non-hydrogen) atoms. The Labute approximate surface area is 99.5 Å². The highest BCUT2D eigenvalue weighted by Crippen LogP contribution is 2.30. The van der Waals surface area contributed by atoms with Gasteiger partial charge >= 0.3 is 0 Å². The number of hydrogen-bond donors (Lipinski definition) is 0. The number of rotatable bonds is 3. The Morgan fingerprint density at radius 3 is 2.59 bits per heavy atom. The molecule has 0 aromatic heterocycles. The van der Waals surface area contributed by atoms with E-state index in [2.05, 4.69) is 0 Å². The van der Waals surface area contributed by atoms with Crippen LogP contribution in [0.2, 0.25) is 0 Å². The molecule has 2 rings (SSSR count). The molecule has 5 nitrogen and oxygen atoms in total. The van der Waals surface area contributed by atoms with E-state index in [4.69, 9.17) is 14.7 Å². The van der Waals surface area contributed by atoms with Crippen LogP contribution in [0.4, 0.5) is 0 Å². The Bertz CT molecular complexity index is 562. The second-order valence-corrected chi connectivity index (χ2v) is 5.95. The van der Waals surface area contributed by atoms with Crippen LogP contribution in [-0.4, -0.2) is 33.1 Å². The third kappa shape index (κ3) is 2.50. The number of methoxy groups -OCH3 is 1. The molecular weight excluding hydrogens is 242 g/mol. The first-order valence-electron chi connectivity index (χ1n) is 4.99. The van der Waals surface area contributed by atoms with Crippen molar-refractivity contribution in [2.45, 2.75) is 6.10 Å². The van der Waals surface area contributed by atoms with Crippen LogP contribution in [0.5, 0.6) is 11.5 Å². The van der Waals surface area contributed by atoms with E-state index in [9.17, 15) is 8.42 Å². The molecule has 0 aliphatic carbocycles. The Morgan fingerprint density at radius 2 is 2.06 bits per heavy atom. The van der Waals surface area contributed by atoms with Crippen molar-refractivity contribution < 1.29 is 17.9 Å². The van der Waals surface area contributed by atoms with Crippen LogP contribution in [0, 0.1) is 11.3 Å². The molecule has 6 heteroatoms. The van der Waals surface area contributed by atoms with Crippen molar-refractivity contribution >= 4 is 9.84 Å². The van der Waals surface area contributed by atoms with Crippen molar-refractivity contribution in [3.8, 4) is 17.6 Å². The SMILES string of the molecule is COc1cc(C#N)ccc1OC1CS(=O)(=O)C1. The lowest BCUT2D eigenvalue weighted by Gasteiger charge is -2.27. The fraction of sp³-hybridized carbons (Fsp3) is 0.364. The average Bonchev–Trinajstić information content (AvgIpc) is 2.27. The number of benzene rings is 1. The van der Waals surface area contributed by atoms with E-state index in [1.54, 1.807) is 18.2 Å². The van der Waals surface area contributed by atoms with Crippen LogP contribution in [0.3, 0.4) is 0 Å². The van der Waals surface area contributed by atoms with Crippen LogP contribution < -0.4 is 9.47 Å². The third-order valence-corrected chi connectivity index (χ3v) is 4.23. The Kier molecular flexibility index (Phi) is 2.94. The molecule has 0 amide bonds. The lowest BCUT2D eigenvalue weighted by atomic mass is 10.2. The molecule has 0 bridgehead atoms. The van der Waals surface area contributed by atoms with Gasteiger partial charge in [0.1, 0.15) is 6.10 Å². The summed E-state index contributed by atoms with van der Waals surface area (Å²) in [6, 6.07) is 6.77. The minimum Gasteiger partial charge on any atom is -0.493 e. The van der Waals surface area contributed by atoms with Gasteiger partial charge in [0, 0.05) is 6.07 Å². The second-order valence-electron chi connectivity index (χ2n) is 3.79. The second kappa shape index (κ2) is 4.26. The lowest BCUT2D eigenvalue weighted by Crippen LogP contribution is -2.45. The highest BCUT2D eigenvalue weighted by atomic mass is 32.2. The molecule has 0 radical (unpaired) electrons. The number of nitriles is 1. The summed E-state index contributed by atoms with van der Waals surface area (Å²) in [6.07, 6.45) is -0.318. The van der Waals surface area contributed by atoms with Crippen molar-refractivity contribution in [1.82, 2.24) is 0 Å². The summed E-state index contributed by atoms with van der Waals surface area (Å²) in [5, 5.41) is 8.73. The van der Waals surface area contributed by atoms with E-state index in [-0.39, 0.29) is 17.6 Å². The van der Waals surface area contributed by atoms with E-state index in [0.29, 0.717) is 17.1 Å². The van der Waals surface area contributed by atoms with Gasteiger partial charge in [0.25, 0.3) is 0 Å². The highest BCUT2D eigenvalue weighted by molar-refractivity contribution is 7.92. The minimum absolute atomic E-state index is 0.0379. The predicted molar refractivity (Wildman–Crippen MR) is 60.8 cm³/mol. The zero-order chi connectivity index (χ0) is 12.5. The molecule has 0 saturated carbocycles. The summed E-state index contributed by atoms with van der Waals surface area (Å²) in [5.74, 6) is 0.978. The fourth-order valence-corrected chi connectivity index (χ4v) is 2.77. The Balaban J connectivity index is 2.14. The van der Waals surface area contributed by atoms with Crippen molar-refractivity contribution in [2.75, 3.05) is 18.6 Å². The van der Waals surface area contributed by atoms with Gasteiger partial charge in [-0.3, -0.25) is 0 Å². The monoisotopic (exact) mass is 253 g/mol. The maximum Gasteiger partial charge on any atom is 0.162 e. The van der Waals surface area contributed by atoms with E-state index < -0.39 is 9.84 Å². The minimum atomic E-state index is -2.90. The van der Waals surface area contributed by atoms with Crippen molar-refractivity contribution in [3.05, 3.63) is 23.8 Å². The molecule has 1 aliphatic heterocycles. The van der Waals surface area contributed by atoms with Gasteiger partial charge in [0.15, 0.2) is 21.3 Å². The van der Waals surface area contributed by atoms with Crippen LogP contribution >= 0.6 is 0 Å². The maximum absolute atomic E-state index is 11.0. The molecule has 1 heterocycles. The summed E-state index contributed by atoms with van der Waals surface area (Å²) in [6.45, 7) is 0. The Morgan fingerprint density at radius 1 is 1.35 bits per heavy atom. The zero-order valence-corrected chi connectivity index (χ0v) is 10.0. The van der Waals surface area contributed by atoms with E-state index in [0.717, 1.165) is 0 Å². The van der Waals surface area contributed by atoms with Gasteiger partial charge in [-0.05, 0) is 12.1 Å². The zero-order valence-electron chi connectivity index (χ0n) is 9.21. The van der Waals surface area contributed by atoms with Gasteiger partial charge < -0.3 is 9.47 Å². The predicted octanol–water partition coefficient (Wildman–Crippen LogP) is 0.743. The molecule has 0 spiro atoms. The van der Waals surface area contributed by atoms with Crippen molar-refractivity contribution in [3.63, 3.8) is 0 Å². The normalized spacial score (nSPS) is 17.9. The number of nitrogens with zero attached hydrogens (tertiary/aromatic N) is 1. The first kappa shape index (κ1) is 11.7. The lowest BCUT2D eigenvalue weighted by molar-refractivity contribution is 0.219. The summed E-state index contributed by atoms with van der Waals surface area (Å²) in [4.78, 5) is 0. The van der Waals surface area contributed by atoms with Gasteiger partial charge in [-0.25, -0.2) is 8.42 Å². The topological polar surface area (TPSA) is 76.4 Å².